The van der Waals surface area contributed by atoms with Gasteiger partial charge in [0, 0.05) is 19.5 Å². The monoisotopic (exact) mass is 184 g/mol. The van der Waals surface area contributed by atoms with Crippen molar-refractivity contribution in [1.29, 1.82) is 0 Å². The van der Waals surface area contributed by atoms with Crippen molar-refractivity contribution in [2.45, 2.75) is 33.2 Å². The van der Waals surface area contributed by atoms with Crippen LogP contribution in [0, 0.1) is 0 Å². The first-order valence-corrected chi connectivity index (χ1v) is 5.17. The Morgan fingerprint density at radius 3 is 2.85 bits per heavy atom. The van der Waals surface area contributed by atoms with Crippen molar-refractivity contribution in [3.63, 3.8) is 0 Å². The van der Waals surface area contributed by atoms with Crippen LogP contribution in [0.1, 0.15) is 27.2 Å². The van der Waals surface area contributed by atoms with Gasteiger partial charge < -0.3 is 9.64 Å². The van der Waals surface area contributed by atoms with Crippen LogP contribution in [-0.4, -0.2) is 43.1 Å². The summed E-state index contributed by atoms with van der Waals surface area (Å²) >= 11 is 0. The molecule has 1 saturated heterocycles. The molecule has 0 N–H and O–H groups in total. The van der Waals surface area contributed by atoms with Crippen molar-refractivity contribution < 1.29 is 4.74 Å². The van der Waals surface area contributed by atoms with Gasteiger partial charge in [0.1, 0.15) is 0 Å². The van der Waals surface area contributed by atoms with E-state index < -0.39 is 0 Å². The molecule has 0 aromatic rings. The molecular formula is C10H20N2O. The highest BCUT2D eigenvalue weighted by Crippen LogP contribution is 2.09. The Bertz CT molecular complexity index is 180. The second-order valence-corrected chi connectivity index (χ2v) is 3.36. The summed E-state index contributed by atoms with van der Waals surface area (Å²) < 4.78 is 5.39. The Balaban J connectivity index is 2.60. The normalized spacial score (nSPS) is 25.0. The van der Waals surface area contributed by atoms with E-state index in [0.717, 1.165) is 32.7 Å². The summed E-state index contributed by atoms with van der Waals surface area (Å²) in [6, 6.07) is 0.485. The molecule has 1 fully saturated rings. The quantitative estimate of drug-likeness (QED) is 0.480. The van der Waals surface area contributed by atoms with Crippen LogP contribution in [0.25, 0.3) is 0 Å². The Labute approximate surface area is 80.8 Å². The first-order valence-electron chi connectivity index (χ1n) is 5.17. The summed E-state index contributed by atoms with van der Waals surface area (Å²) in [5.74, 6) is 1.23. The van der Waals surface area contributed by atoms with Gasteiger partial charge in [-0.05, 0) is 13.8 Å². The van der Waals surface area contributed by atoms with Gasteiger partial charge >= 0.3 is 0 Å². The molecule has 1 rings (SSSR count). The Morgan fingerprint density at radius 1 is 1.54 bits per heavy atom. The van der Waals surface area contributed by atoms with Gasteiger partial charge in [-0.1, -0.05) is 6.92 Å². The lowest BCUT2D eigenvalue weighted by molar-refractivity contribution is 0.0323. The molecule has 0 saturated carbocycles. The number of hydrogen-bond acceptors (Lipinski definition) is 2. The lowest BCUT2D eigenvalue weighted by atomic mass is 10.2. The molecule has 3 heteroatoms. The smallest absolute Gasteiger partial charge is 0.0990 e. The molecule has 76 valence electrons. The van der Waals surface area contributed by atoms with Gasteiger partial charge in [-0.25, -0.2) is 0 Å². The molecule has 0 bridgehead atoms. The van der Waals surface area contributed by atoms with Gasteiger partial charge in [0.15, 0.2) is 0 Å². The molecule has 0 aromatic carbocycles. The SMILES string of the molecule is CC/N=C(\CC)N1CCOC[C@H]1C. The van der Waals surface area contributed by atoms with E-state index in [-0.39, 0.29) is 0 Å². The van der Waals surface area contributed by atoms with E-state index in [4.69, 9.17) is 4.74 Å². The Morgan fingerprint density at radius 2 is 2.31 bits per heavy atom. The van der Waals surface area contributed by atoms with Crippen molar-refractivity contribution in [3.05, 3.63) is 0 Å². The van der Waals surface area contributed by atoms with Crippen LogP contribution >= 0.6 is 0 Å². The predicted octanol–water partition coefficient (Wildman–Crippen LogP) is 1.54. The number of hydrogen-bond donors (Lipinski definition) is 0. The molecule has 0 unspecified atom stereocenters. The van der Waals surface area contributed by atoms with E-state index in [0.29, 0.717) is 6.04 Å². The van der Waals surface area contributed by atoms with E-state index in [1.165, 1.54) is 5.84 Å². The van der Waals surface area contributed by atoms with Crippen LogP contribution in [0.2, 0.25) is 0 Å². The first-order chi connectivity index (χ1) is 6.29. The van der Waals surface area contributed by atoms with Crippen LogP contribution in [0.15, 0.2) is 4.99 Å². The van der Waals surface area contributed by atoms with Gasteiger partial charge in [0.25, 0.3) is 0 Å². The second kappa shape index (κ2) is 5.22. The standard InChI is InChI=1S/C10H20N2O/c1-4-10(11-5-2)12-6-7-13-8-9(12)3/h9H,4-8H2,1-3H3/b11-10+/t9-/m1/s1. The third kappa shape index (κ3) is 2.69. The van der Waals surface area contributed by atoms with E-state index in [2.05, 4.69) is 30.7 Å². The Kier molecular flexibility index (Phi) is 4.22. The van der Waals surface area contributed by atoms with Gasteiger partial charge in [0.2, 0.25) is 0 Å². The number of morpholine rings is 1. The molecule has 0 aromatic heterocycles. The summed E-state index contributed by atoms with van der Waals surface area (Å²) in [5, 5.41) is 0. The highest BCUT2D eigenvalue weighted by Gasteiger charge is 2.20. The fourth-order valence-corrected chi connectivity index (χ4v) is 1.70. The fraction of sp³-hybridized carbons (Fsp3) is 0.900. The number of amidine groups is 1. The molecule has 1 aliphatic heterocycles. The molecule has 0 aliphatic carbocycles. The Hall–Kier alpha value is -0.570. The zero-order valence-electron chi connectivity index (χ0n) is 8.92. The summed E-state index contributed by atoms with van der Waals surface area (Å²) in [5.41, 5.74) is 0. The third-order valence-electron chi connectivity index (χ3n) is 2.36. The van der Waals surface area contributed by atoms with Crippen molar-refractivity contribution >= 4 is 5.84 Å². The highest BCUT2D eigenvalue weighted by molar-refractivity contribution is 5.82. The molecule has 1 atom stereocenters. The first kappa shape index (κ1) is 10.5. The van der Waals surface area contributed by atoms with Crippen LogP contribution in [0.4, 0.5) is 0 Å². The van der Waals surface area contributed by atoms with Crippen molar-refractivity contribution in [2.24, 2.45) is 4.99 Å². The second-order valence-electron chi connectivity index (χ2n) is 3.36. The average Bonchev–Trinajstić information content (AvgIpc) is 2.16. The maximum atomic E-state index is 5.39. The van der Waals surface area contributed by atoms with E-state index >= 15 is 0 Å². The number of ether oxygens (including phenoxy) is 1. The highest BCUT2D eigenvalue weighted by atomic mass is 16.5. The molecular weight excluding hydrogens is 164 g/mol. The van der Waals surface area contributed by atoms with Crippen molar-refractivity contribution in [1.82, 2.24) is 4.90 Å². The zero-order chi connectivity index (χ0) is 9.68. The van der Waals surface area contributed by atoms with Gasteiger partial charge in [-0.15, -0.1) is 0 Å². The molecule has 0 radical (unpaired) electrons. The maximum absolute atomic E-state index is 5.39. The largest absolute Gasteiger partial charge is 0.377 e. The van der Waals surface area contributed by atoms with E-state index in [1.807, 2.05) is 0 Å². The minimum atomic E-state index is 0.485. The summed E-state index contributed by atoms with van der Waals surface area (Å²) in [7, 11) is 0. The number of aliphatic imine (C=N–C) groups is 1. The van der Waals surface area contributed by atoms with Crippen LogP contribution in [0.5, 0.6) is 0 Å². The summed E-state index contributed by atoms with van der Waals surface area (Å²) in [4.78, 5) is 6.87. The molecule has 0 spiro atoms. The number of rotatable bonds is 2. The summed E-state index contributed by atoms with van der Waals surface area (Å²) in [6.07, 6.45) is 1.03. The van der Waals surface area contributed by atoms with Gasteiger partial charge in [-0.3, -0.25) is 4.99 Å². The van der Waals surface area contributed by atoms with Crippen LogP contribution in [0.3, 0.4) is 0 Å². The minimum Gasteiger partial charge on any atom is -0.377 e. The van der Waals surface area contributed by atoms with E-state index in [9.17, 15) is 0 Å². The van der Waals surface area contributed by atoms with Crippen LogP contribution in [-0.2, 0) is 4.74 Å². The van der Waals surface area contributed by atoms with Crippen molar-refractivity contribution in [2.75, 3.05) is 26.3 Å². The summed E-state index contributed by atoms with van der Waals surface area (Å²) in [6.45, 7) is 9.99. The van der Waals surface area contributed by atoms with Crippen LogP contribution < -0.4 is 0 Å². The fourth-order valence-electron chi connectivity index (χ4n) is 1.70. The minimum absolute atomic E-state index is 0.485. The maximum Gasteiger partial charge on any atom is 0.0990 e. The van der Waals surface area contributed by atoms with Gasteiger partial charge in [0.05, 0.1) is 25.1 Å². The lowest BCUT2D eigenvalue weighted by Crippen LogP contribution is -2.47. The molecule has 1 heterocycles. The van der Waals surface area contributed by atoms with E-state index in [1.54, 1.807) is 0 Å². The third-order valence-corrected chi connectivity index (χ3v) is 2.36. The topological polar surface area (TPSA) is 24.8 Å². The zero-order valence-corrected chi connectivity index (χ0v) is 8.92. The van der Waals surface area contributed by atoms with Crippen molar-refractivity contribution in [3.8, 4) is 0 Å². The lowest BCUT2D eigenvalue weighted by Gasteiger charge is -2.35. The average molecular weight is 184 g/mol. The molecule has 1 aliphatic rings. The number of nitrogens with zero attached hydrogens (tertiary/aromatic N) is 2. The molecule has 3 nitrogen and oxygen atoms in total. The molecule has 0 amide bonds. The van der Waals surface area contributed by atoms with Gasteiger partial charge in [-0.2, -0.15) is 0 Å². The predicted molar refractivity (Wildman–Crippen MR) is 55.3 cm³/mol. The molecule has 13 heavy (non-hydrogen) atoms.